The van der Waals surface area contributed by atoms with Crippen LogP contribution in [0.5, 0.6) is 0 Å². The fraction of sp³-hybridized carbons (Fsp3) is 0.538. The molecule has 0 aliphatic heterocycles. The minimum absolute atomic E-state index is 0.101. The molecule has 0 spiro atoms. The van der Waals surface area contributed by atoms with Gasteiger partial charge in [-0.05, 0) is 12.3 Å². The summed E-state index contributed by atoms with van der Waals surface area (Å²) in [5, 5.41) is 0. The molecule has 0 N–H and O–H groups in total. The van der Waals surface area contributed by atoms with Crippen molar-refractivity contribution in [3.8, 4) is 0 Å². The van der Waals surface area contributed by atoms with Gasteiger partial charge in [0.1, 0.15) is 0 Å². The van der Waals surface area contributed by atoms with Crippen LogP contribution in [0.2, 0.25) is 0 Å². The van der Waals surface area contributed by atoms with Crippen molar-refractivity contribution in [1.82, 2.24) is 0 Å². The zero-order chi connectivity index (χ0) is 12.2. The third kappa shape index (κ3) is 1.13. The van der Waals surface area contributed by atoms with Crippen LogP contribution < -0.4 is 0 Å². The summed E-state index contributed by atoms with van der Waals surface area (Å²) in [4.78, 5) is 23.5. The first kappa shape index (κ1) is 10.6. The normalized spacial score (nSPS) is 40.4. The van der Waals surface area contributed by atoms with Crippen LogP contribution in [0.1, 0.15) is 6.42 Å². The standard InChI is InChI=1S/C13H14O4/c1-16-11(14)8-6-10-9-5-7(8)3-4-13(9,10)12(15)17-2/h3-4,6-7,9-10H,5H2,1-2H3. The molecule has 4 nitrogen and oxygen atoms in total. The Morgan fingerprint density at radius 3 is 2.76 bits per heavy atom. The van der Waals surface area contributed by atoms with Gasteiger partial charge in [0.15, 0.2) is 0 Å². The first-order chi connectivity index (χ1) is 8.15. The van der Waals surface area contributed by atoms with Crippen LogP contribution in [0.15, 0.2) is 23.8 Å². The van der Waals surface area contributed by atoms with E-state index in [2.05, 4.69) is 0 Å². The summed E-state index contributed by atoms with van der Waals surface area (Å²) in [6.45, 7) is 0. The minimum atomic E-state index is -0.499. The van der Waals surface area contributed by atoms with Crippen molar-refractivity contribution in [1.29, 1.82) is 0 Å². The summed E-state index contributed by atoms with van der Waals surface area (Å²) >= 11 is 0. The highest BCUT2D eigenvalue weighted by atomic mass is 16.5. The Hall–Kier alpha value is -1.58. The molecule has 17 heavy (non-hydrogen) atoms. The third-order valence-electron chi connectivity index (χ3n) is 4.32. The second-order valence-corrected chi connectivity index (χ2v) is 4.87. The molecule has 3 rings (SSSR count). The molecule has 0 amide bonds. The lowest BCUT2D eigenvalue weighted by molar-refractivity contribution is -0.146. The number of carbonyl (C=O) groups excluding carboxylic acids is 2. The number of rotatable bonds is 2. The summed E-state index contributed by atoms with van der Waals surface area (Å²) in [5.74, 6) is 0.0385. The number of hydrogen-bond donors (Lipinski definition) is 0. The van der Waals surface area contributed by atoms with E-state index in [9.17, 15) is 9.59 Å². The maximum atomic E-state index is 11.8. The van der Waals surface area contributed by atoms with Crippen LogP contribution in [0.3, 0.4) is 0 Å². The first-order valence-electron chi connectivity index (χ1n) is 5.73. The highest BCUT2D eigenvalue weighted by Gasteiger charge is 2.71. The van der Waals surface area contributed by atoms with Crippen molar-refractivity contribution in [3.05, 3.63) is 23.8 Å². The highest BCUT2D eigenvalue weighted by Crippen LogP contribution is 2.69. The molecule has 1 fully saturated rings. The van der Waals surface area contributed by atoms with E-state index in [1.54, 1.807) is 0 Å². The van der Waals surface area contributed by atoms with Crippen LogP contribution in [0, 0.1) is 23.2 Å². The Labute approximate surface area is 99.3 Å². The van der Waals surface area contributed by atoms with Gasteiger partial charge < -0.3 is 9.47 Å². The maximum absolute atomic E-state index is 11.8. The summed E-state index contributed by atoms with van der Waals surface area (Å²) < 4.78 is 9.64. The Kier molecular flexibility index (Phi) is 2.00. The monoisotopic (exact) mass is 234 g/mol. The number of fused-ring (bicyclic) bond motifs is 2. The quantitative estimate of drug-likeness (QED) is 0.530. The topological polar surface area (TPSA) is 52.6 Å². The molecule has 90 valence electrons. The summed E-state index contributed by atoms with van der Waals surface area (Å²) in [6, 6.07) is 0. The molecule has 4 unspecified atom stereocenters. The van der Waals surface area contributed by atoms with E-state index in [0.29, 0.717) is 11.5 Å². The molecule has 4 heteroatoms. The zero-order valence-corrected chi connectivity index (χ0v) is 9.80. The highest BCUT2D eigenvalue weighted by molar-refractivity contribution is 5.93. The van der Waals surface area contributed by atoms with Crippen LogP contribution in [0.25, 0.3) is 0 Å². The van der Waals surface area contributed by atoms with E-state index in [1.807, 2.05) is 18.2 Å². The van der Waals surface area contributed by atoms with Gasteiger partial charge in [0.05, 0.1) is 19.6 Å². The van der Waals surface area contributed by atoms with Crippen molar-refractivity contribution in [2.45, 2.75) is 6.42 Å². The second kappa shape index (κ2) is 3.22. The summed E-state index contributed by atoms with van der Waals surface area (Å²) in [5.41, 5.74) is 0.189. The second-order valence-electron chi connectivity index (χ2n) is 4.87. The average molecular weight is 234 g/mol. The largest absolute Gasteiger partial charge is 0.468 e. The maximum Gasteiger partial charge on any atom is 0.334 e. The van der Waals surface area contributed by atoms with E-state index in [-0.39, 0.29) is 23.8 Å². The minimum Gasteiger partial charge on any atom is -0.468 e. The van der Waals surface area contributed by atoms with Gasteiger partial charge in [-0.2, -0.15) is 0 Å². The molecule has 3 aliphatic carbocycles. The van der Waals surface area contributed by atoms with E-state index in [0.717, 1.165) is 6.42 Å². The predicted molar refractivity (Wildman–Crippen MR) is 58.8 cm³/mol. The van der Waals surface area contributed by atoms with Gasteiger partial charge in [-0.1, -0.05) is 18.2 Å². The van der Waals surface area contributed by atoms with E-state index >= 15 is 0 Å². The number of allylic oxidation sites excluding steroid dienone is 2. The van der Waals surface area contributed by atoms with Gasteiger partial charge in [0.2, 0.25) is 0 Å². The van der Waals surface area contributed by atoms with E-state index < -0.39 is 5.41 Å². The molecule has 3 aliphatic rings. The average Bonchev–Trinajstić information content (AvgIpc) is 3.08. The fourth-order valence-electron chi connectivity index (χ4n) is 3.39. The molecule has 0 aromatic carbocycles. The van der Waals surface area contributed by atoms with Gasteiger partial charge in [0, 0.05) is 17.4 Å². The number of esters is 2. The molecule has 0 aromatic rings. The number of methoxy groups -OCH3 is 2. The predicted octanol–water partition coefficient (Wildman–Crippen LogP) is 1.08. The van der Waals surface area contributed by atoms with Crippen LogP contribution >= 0.6 is 0 Å². The lowest BCUT2D eigenvalue weighted by atomic mass is 9.84. The van der Waals surface area contributed by atoms with Gasteiger partial charge in [-0.15, -0.1) is 0 Å². The van der Waals surface area contributed by atoms with E-state index in [1.165, 1.54) is 14.2 Å². The Balaban J connectivity index is 1.98. The molecule has 0 aromatic heterocycles. The van der Waals surface area contributed by atoms with Crippen molar-refractivity contribution < 1.29 is 19.1 Å². The van der Waals surface area contributed by atoms with Crippen molar-refractivity contribution in [2.24, 2.45) is 23.2 Å². The molecule has 2 bridgehead atoms. The lowest BCUT2D eigenvalue weighted by Crippen LogP contribution is -2.23. The van der Waals surface area contributed by atoms with E-state index in [4.69, 9.17) is 9.47 Å². The van der Waals surface area contributed by atoms with Gasteiger partial charge in [-0.25, -0.2) is 4.79 Å². The molecular formula is C13H14O4. The van der Waals surface area contributed by atoms with Gasteiger partial charge >= 0.3 is 11.9 Å². The van der Waals surface area contributed by atoms with Crippen molar-refractivity contribution in [2.75, 3.05) is 14.2 Å². The molecule has 0 radical (unpaired) electrons. The van der Waals surface area contributed by atoms with Crippen molar-refractivity contribution >= 4 is 11.9 Å². The fourth-order valence-corrected chi connectivity index (χ4v) is 3.39. The third-order valence-corrected chi connectivity index (χ3v) is 4.32. The number of carbonyl (C=O) groups is 2. The van der Waals surface area contributed by atoms with Crippen LogP contribution in [-0.2, 0) is 19.1 Å². The Morgan fingerprint density at radius 2 is 2.12 bits per heavy atom. The van der Waals surface area contributed by atoms with Crippen LogP contribution in [0.4, 0.5) is 0 Å². The SMILES string of the molecule is COC(=O)C1=CC2C3CC1C=CC23C(=O)OC. The number of hydrogen-bond acceptors (Lipinski definition) is 4. The van der Waals surface area contributed by atoms with Gasteiger partial charge in [-0.3, -0.25) is 4.79 Å². The summed E-state index contributed by atoms with van der Waals surface area (Å²) in [6.07, 6.45) is 6.62. The molecule has 0 heterocycles. The van der Waals surface area contributed by atoms with Gasteiger partial charge in [0.25, 0.3) is 0 Å². The summed E-state index contributed by atoms with van der Waals surface area (Å²) in [7, 11) is 2.79. The first-order valence-corrected chi connectivity index (χ1v) is 5.73. The smallest absolute Gasteiger partial charge is 0.334 e. The molecule has 1 saturated carbocycles. The molecular weight excluding hydrogens is 220 g/mol. The molecule has 0 saturated heterocycles. The zero-order valence-electron chi connectivity index (χ0n) is 9.80. The Bertz CT molecular complexity index is 462. The number of ether oxygens (including phenoxy) is 2. The van der Waals surface area contributed by atoms with Crippen molar-refractivity contribution in [3.63, 3.8) is 0 Å². The lowest BCUT2D eigenvalue weighted by Gasteiger charge is -2.21. The van der Waals surface area contributed by atoms with Crippen LogP contribution in [-0.4, -0.2) is 26.2 Å². The Morgan fingerprint density at radius 1 is 1.35 bits per heavy atom. The molecule has 4 atom stereocenters.